The fourth-order valence-electron chi connectivity index (χ4n) is 1.23. The number of unbranched alkanes of at least 4 members (excludes halogenated alkanes) is 4. The molecule has 3 heteroatoms. The lowest BCUT2D eigenvalue weighted by atomic mass is 10.1. The van der Waals surface area contributed by atoms with Crippen LogP contribution in [0.3, 0.4) is 0 Å². The van der Waals surface area contributed by atoms with E-state index in [1.807, 2.05) is 11.6 Å². The predicted molar refractivity (Wildman–Crippen MR) is 59.4 cm³/mol. The molecule has 0 aliphatic carbocycles. The monoisotopic (exact) mass is 198 g/mol. The quantitative estimate of drug-likeness (QED) is 0.678. The molecule has 13 heavy (non-hydrogen) atoms. The average Bonchev–Trinajstić information content (AvgIpc) is 2.63. The van der Waals surface area contributed by atoms with Crippen LogP contribution < -0.4 is 5.32 Å². The Morgan fingerprint density at radius 3 is 2.85 bits per heavy atom. The summed E-state index contributed by atoms with van der Waals surface area (Å²) < 4.78 is 0. The van der Waals surface area contributed by atoms with Crippen LogP contribution in [0.4, 0.5) is 5.13 Å². The molecular weight excluding hydrogens is 180 g/mol. The van der Waals surface area contributed by atoms with Gasteiger partial charge in [0.1, 0.15) is 0 Å². The van der Waals surface area contributed by atoms with Crippen LogP contribution in [0.25, 0.3) is 0 Å². The van der Waals surface area contributed by atoms with Crippen molar-refractivity contribution in [3.05, 3.63) is 11.6 Å². The average molecular weight is 198 g/mol. The van der Waals surface area contributed by atoms with Crippen LogP contribution in [-0.2, 0) is 0 Å². The number of hydrogen-bond acceptors (Lipinski definition) is 3. The third-order valence-corrected chi connectivity index (χ3v) is 2.72. The van der Waals surface area contributed by atoms with Crippen LogP contribution >= 0.6 is 11.3 Å². The third-order valence-electron chi connectivity index (χ3n) is 1.99. The summed E-state index contributed by atoms with van der Waals surface area (Å²) >= 11 is 1.67. The molecule has 0 aromatic carbocycles. The van der Waals surface area contributed by atoms with Crippen molar-refractivity contribution in [1.82, 2.24) is 4.98 Å². The van der Waals surface area contributed by atoms with Gasteiger partial charge in [-0.2, -0.15) is 0 Å². The van der Waals surface area contributed by atoms with E-state index in [0.717, 1.165) is 11.7 Å². The zero-order valence-corrected chi connectivity index (χ0v) is 9.07. The van der Waals surface area contributed by atoms with Crippen molar-refractivity contribution >= 4 is 16.5 Å². The Morgan fingerprint density at radius 1 is 1.31 bits per heavy atom. The number of anilines is 1. The molecular formula is C10H18N2S. The van der Waals surface area contributed by atoms with E-state index in [1.54, 1.807) is 11.3 Å². The van der Waals surface area contributed by atoms with Crippen LogP contribution in [0.2, 0.25) is 0 Å². The molecule has 0 aliphatic rings. The molecule has 1 N–H and O–H groups in total. The lowest BCUT2D eigenvalue weighted by molar-refractivity contribution is 0.645. The van der Waals surface area contributed by atoms with Crippen molar-refractivity contribution in [3.8, 4) is 0 Å². The summed E-state index contributed by atoms with van der Waals surface area (Å²) in [6, 6.07) is 0. The molecule has 0 fully saturated rings. The van der Waals surface area contributed by atoms with Gasteiger partial charge in [0.05, 0.1) is 0 Å². The summed E-state index contributed by atoms with van der Waals surface area (Å²) in [7, 11) is 0. The Labute approximate surface area is 84.4 Å². The first-order valence-corrected chi connectivity index (χ1v) is 5.95. The number of nitrogens with zero attached hydrogens (tertiary/aromatic N) is 1. The van der Waals surface area contributed by atoms with E-state index in [0.29, 0.717) is 0 Å². The third kappa shape index (κ3) is 4.88. The molecule has 0 amide bonds. The normalized spacial score (nSPS) is 10.2. The maximum atomic E-state index is 4.16. The zero-order chi connectivity index (χ0) is 9.36. The second kappa shape index (κ2) is 6.89. The summed E-state index contributed by atoms with van der Waals surface area (Å²) in [5.41, 5.74) is 0. The molecule has 0 radical (unpaired) electrons. The predicted octanol–water partition coefficient (Wildman–Crippen LogP) is 3.53. The van der Waals surface area contributed by atoms with E-state index in [9.17, 15) is 0 Å². The minimum atomic E-state index is 1.05. The Hall–Kier alpha value is -0.570. The second-order valence-electron chi connectivity index (χ2n) is 3.18. The summed E-state index contributed by atoms with van der Waals surface area (Å²) in [5.74, 6) is 0. The van der Waals surface area contributed by atoms with Gasteiger partial charge in [0.2, 0.25) is 0 Å². The molecule has 0 atom stereocenters. The van der Waals surface area contributed by atoms with Crippen molar-refractivity contribution in [2.75, 3.05) is 11.9 Å². The van der Waals surface area contributed by atoms with E-state index in [1.165, 1.54) is 32.1 Å². The number of aromatic nitrogens is 1. The van der Waals surface area contributed by atoms with Gasteiger partial charge in [0.15, 0.2) is 5.13 Å². The Kier molecular flexibility index (Phi) is 5.57. The maximum absolute atomic E-state index is 4.16. The first-order chi connectivity index (χ1) is 6.43. The van der Waals surface area contributed by atoms with E-state index in [-0.39, 0.29) is 0 Å². The van der Waals surface area contributed by atoms with Crippen molar-refractivity contribution in [2.24, 2.45) is 0 Å². The van der Waals surface area contributed by atoms with Gasteiger partial charge in [-0.1, -0.05) is 32.6 Å². The number of thiazole rings is 1. The van der Waals surface area contributed by atoms with Crippen LogP contribution in [0.5, 0.6) is 0 Å². The molecule has 74 valence electrons. The highest BCUT2D eigenvalue weighted by Gasteiger charge is 1.92. The van der Waals surface area contributed by atoms with E-state index in [4.69, 9.17) is 0 Å². The Morgan fingerprint density at radius 2 is 2.15 bits per heavy atom. The number of hydrogen-bond donors (Lipinski definition) is 1. The molecule has 0 unspecified atom stereocenters. The van der Waals surface area contributed by atoms with Crippen LogP contribution in [-0.4, -0.2) is 11.5 Å². The van der Waals surface area contributed by atoms with Crippen LogP contribution in [0, 0.1) is 0 Å². The number of rotatable bonds is 7. The molecule has 0 aliphatic heterocycles. The van der Waals surface area contributed by atoms with Gasteiger partial charge in [0.25, 0.3) is 0 Å². The zero-order valence-electron chi connectivity index (χ0n) is 8.25. The van der Waals surface area contributed by atoms with E-state index in [2.05, 4.69) is 17.2 Å². The molecule has 1 aromatic rings. The van der Waals surface area contributed by atoms with Gasteiger partial charge in [-0.15, -0.1) is 11.3 Å². The number of nitrogens with one attached hydrogen (secondary N) is 1. The molecule has 2 nitrogen and oxygen atoms in total. The summed E-state index contributed by atoms with van der Waals surface area (Å²) in [6.07, 6.45) is 8.50. The van der Waals surface area contributed by atoms with Crippen molar-refractivity contribution in [1.29, 1.82) is 0 Å². The Bertz CT molecular complexity index is 197. The van der Waals surface area contributed by atoms with Gasteiger partial charge < -0.3 is 5.32 Å². The SMILES string of the molecule is CCCCCCCNc1nccs1. The van der Waals surface area contributed by atoms with E-state index < -0.39 is 0 Å². The maximum Gasteiger partial charge on any atom is 0.182 e. The summed E-state index contributed by atoms with van der Waals surface area (Å²) in [5, 5.41) is 6.36. The van der Waals surface area contributed by atoms with Gasteiger partial charge in [0, 0.05) is 18.1 Å². The smallest absolute Gasteiger partial charge is 0.182 e. The minimum absolute atomic E-state index is 1.05. The molecule has 0 saturated heterocycles. The van der Waals surface area contributed by atoms with Crippen molar-refractivity contribution in [2.45, 2.75) is 39.0 Å². The summed E-state index contributed by atoms with van der Waals surface area (Å²) in [4.78, 5) is 4.16. The molecule has 1 heterocycles. The lowest BCUT2D eigenvalue weighted by Crippen LogP contribution is -2.00. The standard InChI is InChI=1S/C10H18N2S/c1-2-3-4-5-6-7-11-10-12-8-9-13-10/h8-9H,2-7H2,1H3,(H,11,12). The molecule has 1 rings (SSSR count). The minimum Gasteiger partial charge on any atom is -0.362 e. The fourth-order valence-corrected chi connectivity index (χ4v) is 1.79. The van der Waals surface area contributed by atoms with Gasteiger partial charge in [-0.25, -0.2) is 4.98 Å². The second-order valence-corrected chi connectivity index (χ2v) is 4.07. The highest BCUT2D eigenvalue weighted by atomic mass is 32.1. The Balaban J connectivity index is 1.90. The first kappa shape index (κ1) is 10.5. The largest absolute Gasteiger partial charge is 0.362 e. The molecule has 1 aromatic heterocycles. The highest BCUT2D eigenvalue weighted by Crippen LogP contribution is 2.10. The highest BCUT2D eigenvalue weighted by molar-refractivity contribution is 7.13. The van der Waals surface area contributed by atoms with Crippen LogP contribution in [0.1, 0.15) is 39.0 Å². The molecule has 0 bridgehead atoms. The lowest BCUT2D eigenvalue weighted by Gasteiger charge is -2.01. The molecule has 0 saturated carbocycles. The summed E-state index contributed by atoms with van der Waals surface area (Å²) in [6.45, 7) is 3.31. The molecule has 0 spiro atoms. The first-order valence-electron chi connectivity index (χ1n) is 5.07. The van der Waals surface area contributed by atoms with Crippen LogP contribution in [0.15, 0.2) is 11.6 Å². The van der Waals surface area contributed by atoms with Gasteiger partial charge in [-0.3, -0.25) is 0 Å². The van der Waals surface area contributed by atoms with Crippen molar-refractivity contribution in [3.63, 3.8) is 0 Å². The van der Waals surface area contributed by atoms with E-state index >= 15 is 0 Å². The fraction of sp³-hybridized carbons (Fsp3) is 0.700. The van der Waals surface area contributed by atoms with Gasteiger partial charge >= 0.3 is 0 Å². The van der Waals surface area contributed by atoms with Crippen molar-refractivity contribution < 1.29 is 0 Å². The topological polar surface area (TPSA) is 24.9 Å². The van der Waals surface area contributed by atoms with Gasteiger partial charge in [-0.05, 0) is 6.42 Å².